The van der Waals surface area contributed by atoms with Gasteiger partial charge in [0, 0.05) is 12.7 Å². The van der Waals surface area contributed by atoms with Crippen molar-refractivity contribution in [2.45, 2.75) is 0 Å². The van der Waals surface area contributed by atoms with Gasteiger partial charge in [0.15, 0.2) is 0 Å². The van der Waals surface area contributed by atoms with Crippen LogP contribution in [0.1, 0.15) is 0 Å². The standard InChI is InChI=1S/C16H15N3O3S/c1-19-12-8-7-10(9-14(12)23-16(19)21)17-15(20)18-11-5-3-4-6-13(11)22-2/h3-9H,1-2H3,(H2,17,18,20). The number of urea groups is 1. The van der Waals surface area contributed by atoms with E-state index in [0.717, 1.165) is 21.6 Å². The summed E-state index contributed by atoms with van der Waals surface area (Å²) in [6.45, 7) is 0. The van der Waals surface area contributed by atoms with Crippen molar-refractivity contribution >= 4 is 39.0 Å². The number of rotatable bonds is 3. The number of fused-ring (bicyclic) bond motifs is 1. The third kappa shape index (κ3) is 3.04. The van der Waals surface area contributed by atoms with Gasteiger partial charge in [-0.05, 0) is 30.3 Å². The first-order valence-electron chi connectivity index (χ1n) is 6.89. The van der Waals surface area contributed by atoms with Gasteiger partial charge in [0.05, 0.1) is 23.0 Å². The predicted molar refractivity (Wildman–Crippen MR) is 92.7 cm³/mol. The molecular weight excluding hydrogens is 314 g/mol. The van der Waals surface area contributed by atoms with Gasteiger partial charge < -0.3 is 19.9 Å². The van der Waals surface area contributed by atoms with E-state index in [1.165, 1.54) is 0 Å². The summed E-state index contributed by atoms with van der Waals surface area (Å²) in [6, 6.07) is 12.1. The van der Waals surface area contributed by atoms with Gasteiger partial charge >= 0.3 is 10.9 Å². The number of ether oxygens (including phenoxy) is 1. The van der Waals surface area contributed by atoms with Crippen LogP contribution in [0.5, 0.6) is 5.75 Å². The summed E-state index contributed by atoms with van der Waals surface area (Å²) < 4.78 is 7.60. The maximum atomic E-state index is 12.1. The monoisotopic (exact) mass is 329 g/mol. The zero-order chi connectivity index (χ0) is 16.4. The average Bonchev–Trinajstić information content (AvgIpc) is 2.82. The highest BCUT2D eigenvalue weighted by atomic mass is 32.1. The Bertz CT molecular complexity index is 930. The Morgan fingerprint density at radius 2 is 1.96 bits per heavy atom. The van der Waals surface area contributed by atoms with E-state index in [4.69, 9.17) is 4.74 Å². The van der Waals surface area contributed by atoms with Crippen LogP contribution in [-0.2, 0) is 7.05 Å². The van der Waals surface area contributed by atoms with Gasteiger partial charge in [-0.1, -0.05) is 23.5 Å². The lowest BCUT2D eigenvalue weighted by atomic mass is 10.3. The minimum Gasteiger partial charge on any atom is -0.495 e. The van der Waals surface area contributed by atoms with Crippen LogP contribution in [0.25, 0.3) is 10.2 Å². The van der Waals surface area contributed by atoms with Gasteiger partial charge in [-0.3, -0.25) is 4.79 Å². The van der Waals surface area contributed by atoms with Crippen molar-refractivity contribution in [1.82, 2.24) is 4.57 Å². The first-order chi connectivity index (χ1) is 11.1. The molecule has 0 radical (unpaired) electrons. The molecule has 2 amide bonds. The maximum Gasteiger partial charge on any atom is 0.323 e. The van der Waals surface area contributed by atoms with E-state index in [1.54, 1.807) is 43.0 Å². The molecule has 23 heavy (non-hydrogen) atoms. The number of amides is 2. The first-order valence-corrected chi connectivity index (χ1v) is 7.71. The number of aromatic nitrogens is 1. The molecule has 2 N–H and O–H groups in total. The van der Waals surface area contributed by atoms with Gasteiger partial charge in [-0.2, -0.15) is 0 Å². The average molecular weight is 329 g/mol. The summed E-state index contributed by atoms with van der Waals surface area (Å²) >= 11 is 1.15. The Kier molecular flexibility index (Phi) is 4.03. The molecule has 3 rings (SSSR count). The van der Waals surface area contributed by atoms with Crippen LogP contribution < -0.4 is 20.2 Å². The second-order valence-corrected chi connectivity index (χ2v) is 5.88. The highest BCUT2D eigenvalue weighted by molar-refractivity contribution is 7.16. The topological polar surface area (TPSA) is 72.4 Å². The molecule has 0 aliphatic carbocycles. The van der Waals surface area contributed by atoms with Crippen LogP contribution in [0, 0.1) is 0 Å². The first kappa shape index (κ1) is 15.1. The Morgan fingerprint density at radius 1 is 1.17 bits per heavy atom. The molecule has 0 saturated heterocycles. The third-order valence-corrected chi connectivity index (χ3v) is 4.40. The van der Waals surface area contributed by atoms with Crippen molar-refractivity contribution in [2.24, 2.45) is 7.05 Å². The molecule has 0 atom stereocenters. The number of carbonyl (C=O) groups is 1. The number of aryl methyl sites for hydroxylation is 1. The predicted octanol–water partition coefficient (Wildman–Crippen LogP) is 3.25. The SMILES string of the molecule is COc1ccccc1NC(=O)Nc1ccc2c(c1)sc(=O)n2C. The summed E-state index contributed by atoms with van der Waals surface area (Å²) in [5.74, 6) is 0.583. The number of methoxy groups -OCH3 is 1. The van der Waals surface area contributed by atoms with E-state index >= 15 is 0 Å². The van der Waals surface area contributed by atoms with Gasteiger partial charge in [-0.15, -0.1) is 0 Å². The zero-order valence-electron chi connectivity index (χ0n) is 12.6. The summed E-state index contributed by atoms with van der Waals surface area (Å²) in [5.41, 5.74) is 2.04. The Morgan fingerprint density at radius 3 is 2.74 bits per heavy atom. The molecular formula is C16H15N3O3S. The molecule has 1 aromatic heterocycles. The van der Waals surface area contributed by atoms with E-state index in [1.807, 2.05) is 18.2 Å². The van der Waals surface area contributed by atoms with Crippen LogP contribution in [-0.4, -0.2) is 17.7 Å². The Balaban J connectivity index is 1.79. The van der Waals surface area contributed by atoms with Crippen molar-refractivity contribution in [3.05, 3.63) is 52.1 Å². The number of anilines is 2. The van der Waals surface area contributed by atoms with Gasteiger partial charge in [0.25, 0.3) is 0 Å². The molecule has 0 aliphatic rings. The van der Waals surface area contributed by atoms with E-state index in [-0.39, 0.29) is 10.9 Å². The molecule has 2 aromatic carbocycles. The molecule has 0 fully saturated rings. The van der Waals surface area contributed by atoms with Gasteiger partial charge in [0.1, 0.15) is 5.75 Å². The molecule has 7 heteroatoms. The lowest BCUT2D eigenvalue weighted by Crippen LogP contribution is -2.19. The minimum absolute atomic E-state index is 0.0318. The lowest BCUT2D eigenvalue weighted by molar-refractivity contribution is 0.262. The number of para-hydroxylation sites is 2. The third-order valence-electron chi connectivity index (χ3n) is 3.41. The number of hydrogen-bond acceptors (Lipinski definition) is 4. The normalized spacial score (nSPS) is 10.5. The van der Waals surface area contributed by atoms with Crippen LogP contribution in [0.15, 0.2) is 47.3 Å². The number of hydrogen-bond donors (Lipinski definition) is 2. The molecule has 118 valence electrons. The van der Waals surface area contributed by atoms with Crippen molar-refractivity contribution < 1.29 is 9.53 Å². The largest absolute Gasteiger partial charge is 0.495 e. The molecule has 0 saturated carbocycles. The van der Waals surface area contributed by atoms with Crippen molar-refractivity contribution in [3.63, 3.8) is 0 Å². The molecule has 1 heterocycles. The number of benzene rings is 2. The van der Waals surface area contributed by atoms with Gasteiger partial charge in [-0.25, -0.2) is 4.79 Å². The fourth-order valence-electron chi connectivity index (χ4n) is 2.24. The summed E-state index contributed by atoms with van der Waals surface area (Å²) in [4.78, 5) is 23.7. The highest BCUT2D eigenvalue weighted by Gasteiger charge is 2.09. The molecule has 0 spiro atoms. The van der Waals surface area contributed by atoms with E-state index in [2.05, 4.69) is 10.6 Å². The smallest absolute Gasteiger partial charge is 0.323 e. The second-order valence-electron chi connectivity index (χ2n) is 4.89. The molecule has 0 unspecified atom stereocenters. The van der Waals surface area contributed by atoms with E-state index in [9.17, 15) is 9.59 Å². The molecule has 0 bridgehead atoms. The number of carbonyl (C=O) groups excluding carboxylic acids is 1. The minimum atomic E-state index is -0.378. The summed E-state index contributed by atoms with van der Waals surface area (Å²) in [6.07, 6.45) is 0. The van der Waals surface area contributed by atoms with Crippen LogP contribution in [0.2, 0.25) is 0 Å². The number of nitrogens with one attached hydrogen (secondary N) is 2. The molecule has 0 aliphatic heterocycles. The lowest BCUT2D eigenvalue weighted by Gasteiger charge is -2.11. The molecule has 6 nitrogen and oxygen atoms in total. The van der Waals surface area contributed by atoms with Crippen LogP contribution in [0.4, 0.5) is 16.2 Å². The zero-order valence-corrected chi connectivity index (χ0v) is 13.4. The fraction of sp³-hybridized carbons (Fsp3) is 0.125. The van der Waals surface area contributed by atoms with E-state index in [0.29, 0.717) is 17.1 Å². The van der Waals surface area contributed by atoms with Crippen LogP contribution >= 0.6 is 11.3 Å². The van der Waals surface area contributed by atoms with Gasteiger partial charge in [0.2, 0.25) is 0 Å². The molecule has 3 aromatic rings. The van der Waals surface area contributed by atoms with Crippen LogP contribution in [0.3, 0.4) is 0 Å². The Hall–Kier alpha value is -2.80. The fourth-order valence-corrected chi connectivity index (χ4v) is 3.16. The second kappa shape index (κ2) is 6.13. The maximum absolute atomic E-state index is 12.1. The number of thiazole rings is 1. The van der Waals surface area contributed by atoms with Crippen molar-refractivity contribution in [1.29, 1.82) is 0 Å². The highest BCUT2D eigenvalue weighted by Crippen LogP contribution is 2.24. The van der Waals surface area contributed by atoms with Crippen molar-refractivity contribution in [3.8, 4) is 5.75 Å². The van der Waals surface area contributed by atoms with E-state index < -0.39 is 0 Å². The van der Waals surface area contributed by atoms with Crippen molar-refractivity contribution in [2.75, 3.05) is 17.7 Å². The summed E-state index contributed by atoms with van der Waals surface area (Å²) in [7, 11) is 3.27. The number of nitrogens with zero attached hydrogens (tertiary/aromatic N) is 1. The Labute approximate surface area is 136 Å². The summed E-state index contributed by atoms with van der Waals surface area (Å²) in [5, 5.41) is 5.49. The quantitative estimate of drug-likeness (QED) is 0.775.